The Balaban J connectivity index is 1.70. The van der Waals surface area contributed by atoms with Crippen LogP contribution < -0.4 is 38.6 Å². The molecule has 1 atom stereocenters. The first-order valence-electron chi connectivity index (χ1n) is 12.2. The first-order chi connectivity index (χ1) is 15.3. The van der Waals surface area contributed by atoms with E-state index in [0.717, 1.165) is 62.2 Å². The topological polar surface area (TPSA) is 70.8 Å². The van der Waals surface area contributed by atoms with Gasteiger partial charge in [0.05, 0.1) is 29.3 Å². The molecular weight excluding hydrogens is 387 g/mol. The fraction of sp³-hybridized carbons (Fsp3) is 0.429. The summed E-state index contributed by atoms with van der Waals surface area (Å²) in [5.41, 5.74) is 18.7. The van der Waals surface area contributed by atoms with E-state index in [2.05, 4.69) is 63.0 Å². The number of hydrogen-bond donors (Lipinski definition) is 2. The third-order valence-electron chi connectivity index (χ3n) is 7.72. The van der Waals surface area contributed by atoms with Crippen LogP contribution in [0.15, 0.2) is 6.07 Å². The van der Waals surface area contributed by atoms with Crippen molar-refractivity contribution in [1.82, 2.24) is 19.9 Å². The molecule has 0 spiro atoms. The lowest BCUT2D eigenvalue weighted by Gasteiger charge is -2.36. The molecule has 0 radical (unpaired) electrons. The van der Waals surface area contributed by atoms with Gasteiger partial charge in [0, 0.05) is 0 Å². The Bertz CT molecular complexity index is 1150. The summed E-state index contributed by atoms with van der Waals surface area (Å²) in [5, 5.41) is 0. The van der Waals surface area contributed by atoms with Crippen molar-refractivity contribution in [3.05, 3.63) is 23.1 Å². The molecule has 11 heteroatoms. The lowest BCUT2D eigenvalue weighted by atomic mass is 9.70. The molecule has 4 rings (SSSR count). The van der Waals surface area contributed by atoms with Gasteiger partial charge in [0.25, 0.3) is 0 Å². The number of rotatable bonds is 7. The highest BCUT2D eigenvalue weighted by atomic mass is 15.2. The minimum atomic E-state index is 0.340. The molecule has 5 nitrogen and oxygen atoms in total. The number of aromatic amines is 1. The summed E-state index contributed by atoms with van der Waals surface area (Å²) >= 11 is 0. The van der Waals surface area contributed by atoms with Gasteiger partial charge in [-0.1, -0.05) is 27.3 Å². The van der Waals surface area contributed by atoms with Gasteiger partial charge in [-0.25, -0.2) is 4.98 Å². The number of benzene rings is 1. The van der Waals surface area contributed by atoms with Crippen LogP contribution >= 0.6 is 0 Å². The molecule has 3 aromatic rings. The highest BCUT2D eigenvalue weighted by Crippen LogP contribution is 2.32. The summed E-state index contributed by atoms with van der Waals surface area (Å²) in [6, 6.07) is 2.58. The van der Waals surface area contributed by atoms with E-state index in [4.69, 9.17) is 15.7 Å². The largest absolute Gasteiger partial charge is 0.341 e. The molecule has 2 aromatic heterocycles. The molecule has 0 fully saturated rings. The van der Waals surface area contributed by atoms with Crippen molar-refractivity contribution in [2.75, 3.05) is 13.1 Å². The Morgan fingerprint density at radius 2 is 1.78 bits per heavy atom. The fourth-order valence-corrected chi connectivity index (χ4v) is 5.28. The van der Waals surface area contributed by atoms with Gasteiger partial charge in [-0.15, -0.1) is 0 Å². The average molecular weight is 420 g/mol. The predicted octanol–water partition coefficient (Wildman–Crippen LogP) is -6.87. The lowest BCUT2D eigenvalue weighted by molar-refractivity contribution is 0.160. The number of fused-ring (bicyclic) bond motifs is 2. The van der Waals surface area contributed by atoms with E-state index < -0.39 is 0 Å². The second-order valence-corrected chi connectivity index (χ2v) is 9.71. The van der Waals surface area contributed by atoms with Crippen LogP contribution in [0.3, 0.4) is 0 Å². The lowest BCUT2D eigenvalue weighted by Crippen LogP contribution is -2.47. The second-order valence-electron chi connectivity index (χ2n) is 9.71. The summed E-state index contributed by atoms with van der Waals surface area (Å²) in [6.07, 6.45) is 5.66. The molecule has 160 valence electrons. The summed E-state index contributed by atoms with van der Waals surface area (Å²) in [4.78, 5) is 16.4. The third-order valence-corrected chi connectivity index (χ3v) is 7.72. The molecule has 2 heterocycles. The summed E-state index contributed by atoms with van der Waals surface area (Å²) in [6.45, 7) is 2.57. The van der Waals surface area contributed by atoms with E-state index in [1.807, 2.05) is 0 Å². The maximum absolute atomic E-state index is 5.83. The van der Waals surface area contributed by atoms with Crippen molar-refractivity contribution in [2.24, 2.45) is 5.73 Å². The molecule has 1 aromatic carbocycles. The Morgan fingerprint density at radius 1 is 1.00 bits per heavy atom. The maximum atomic E-state index is 5.83. The molecule has 1 aliphatic rings. The number of nitrogens with zero attached hydrogens (tertiary/aromatic N) is 3. The van der Waals surface area contributed by atoms with Crippen LogP contribution in [-0.4, -0.2) is 80.0 Å². The van der Waals surface area contributed by atoms with Crippen LogP contribution in [0.1, 0.15) is 48.8 Å². The fourth-order valence-electron chi connectivity index (χ4n) is 5.28. The number of nitrogens with two attached hydrogens (primary N) is 1. The van der Waals surface area contributed by atoms with Crippen molar-refractivity contribution in [2.45, 2.75) is 44.7 Å². The van der Waals surface area contributed by atoms with Crippen LogP contribution in [-0.2, 0) is 13.0 Å². The number of nitrogens with one attached hydrogen (secondary N) is 1. The molecule has 0 unspecified atom stereocenters. The number of imidazole rings is 1. The molecular formula is C21H33B6N5. The number of aromatic nitrogens is 3. The normalized spacial score (nSPS) is 16.0. The van der Waals surface area contributed by atoms with E-state index in [1.165, 1.54) is 50.6 Å². The van der Waals surface area contributed by atoms with E-state index in [9.17, 15) is 0 Å². The molecule has 0 bridgehead atoms. The van der Waals surface area contributed by atoms with Crippen LogP contribution in [0, 0.1) is 0 Å². The highest BCUT2D eigenvalue weighted by molar-refractivity contribution is 6.60. The predicted molar refractivity (Wildman–Crippen MR) is 154 cm³/mol. The van der Waals surface area contributed by atoms with Crippen LogP contribution in [0.4, 0.5) is 0 Å². The van der Waals surface area contributed by atoms with Crippen LogP contribution in [0.2, 0.25) is 0 Å². The zero-order chi connectivity index (χ0) is 23.0. The summed E-state index contributed by atoms with van der Waals surface area (Å²) < 4.78 is 0. The first kappa shape index (κ1) is 23.3. The second kappa shape index (κ2) is 9.56. The van der Waals surface area contributed by atoms with Crippen LogP contribution in [0.25, 0.3) is 11.0 Å². The molecule has 3 N–H and O–H groups in total. The molecule has 0 aliphatic heterocycles. The molecule has 0 saturated heterocycles. The van der Waals surface area contributed by atoms with E-state index in [-0.39, 0.29) is 0 Å². The smallest absolute Gasteiger partial charge is 0.163 e. The quantitative estimate of drug-likeness (QED) is 0.295. The van der Waals surface area contributed by atoms with Crippen molar-refractivity contribution in [1.29, 1.82) is 0 Å². The number of pyridine rings is 1. The Labute approximate surface area is 197 Å². The Hall–Kier alpha value is -1.85. The standard InChI is InChI=1S/C21H33B6N5/c22-11-8-12-20(17(25)16(11)24)30-14(29-12)9-32(7-2-1-6-28)13-5-3-4-10-15(23)18(26)21(27)31-19(10)13/h8,13H,1-7,9,22-28H2,(H,29,30)/t13-/m0/s1. The van der Waals surface area contributed by atoms with Crippen molar-refractivity contribution in [3.8, 4) is 0 Å². The van der Waals surface area contributed by atoms with Gasteiger partial charge in [-0.2, -0.15) is 0 Å². The number of hydrogen-bond acceptors (Lipinski definition) is 4. The minimum absolute atomic E-state index is 0.340. The summed E-state index contributed by atoms with van der Waals surface area (Å²) in [7, 11) is 13.2. The van der Waals surface area contributed by atoms with Gasteiger partial charge < -0.3 is 10.7 Å². The van der Waals surface area contributed by atoms with Crippen molar-refractivity contribution < 1.29 is 0 Å². The summed E-state index contributed by atoms with van der Waals surface area (Å²) in [5.74, 6) is 1.05. The zero-order valence-corrected chi connectivity index (χ0v) is 20.7. The first-order valence-corrected chi connectivity index (χ1v) is 12.2. The minimum Gasteiger partial charge on any atom is -0.341 e. The van der Waals surface area contributed by atoms with Gasteiger partial charge in [0.1, 0.15) is 45.1 Å². The third kappa shape index (κ3) is 4.34. The van der Waals surface area contributed by atoms with Gasteiger partial charge in [0.2, 0.25) is 0 Å². The van der Waals surface area contributed by atoms with Crippen molar-refractivity contribution in [3.63, 3.8) is 0 Å². The monoisotopic (exact) mass is 421 g/mol. The van der Waals surface area contributed by atoms with E-state index >= 15 is 0 Å². The highest BCUT2D eigenvalue weighted by Gasteiger charge is 2.29. The zero-order valence-electron chi connectivity index (χ0n) is 20.7. The molecule has 1 aliphatic carbocycles. The van der Waals surface area contributed by atoms with Gasteiger partial charge >= 0.3 is 0 Å². The number of H-pyrrole nitrogens is 1. The molecule has 0 amide bonds. The SMILES string of the molecule is Bc1cc2[nH]c(CN(CCCCN)[C@H]3CCCc4c3nc(B)c(B)c4B)nc2c(B)c1B. The molecule has 32 heavy (non-hydrogen) atoms. The van der Waals surface area contributed by atoms with Gasteiger partial charge in [-0.3, -0.25) is 9.88 Å². The molecule has 0 saturated carbocycles. The Kier molecular flexibility index (Phi) is 6.97. The average Bonchev–Trinajstić information content (AvgIpc) is 3.17. The Morgan fingerprint density at radius 3 is 2.53 bits per heavy atom. The van der Waals surface area contributed by atoms with Crippen LogP contribution in [0.5, 0.6) is 0 Å². The number of unbranched alkanes of at least 4 members (excludes halogenated alkanes) is 1. The van der Waals surface area contributed by atoms with Crippen molar-refractivity contribution >= 4 is 91.0 Å². The maximum Gasteiger partial charge on any atom is 0.163 e. The van der Waals surface area contributed by atoms with Gasteiger partial charge in [-0.05, 0) is 62.4 Å². The van der Waals surface area contributed by atoms with E-state index in [1.54, 1.807) is 0 Å². The van der Waals surface area contributed by atoms with Gasteiger partial charge in [0.15, 0.2) is 7.85 Å². The van der Waals surface area contributed by atoms with E-state index in [0.29, 0.717) is 6.04 Å².